The van der Waals surface area contributed by atoms with Crippen LogP contribution in [0, 0.1) is 0 Å². The van der Waals surface area contributed by atoms with Gasteiger partial charge in [0.25, 0.3) is 0 Å². The molecule has 0 aliphatic rings. The number of carbonyl (C=O) groups excluding carboxylic acids is 1. The van der Waals surface area contributed by atoms with Gasteiger partial charge in [-0.05, 0) is 25.5 Å². The molecular formula is C13H15N3O. The van der Waals surface area contributed by atoms with Crippen LogP contribution in [0.25, 0.3) is 5.82 Å². The summed E-state index contributed by atoms with van der Waals surface area (Å²) in [5.74, 6) is 1.62. The first kappa shape index (κ1) is 11.5. The van der Waals surface area contributed by atoms with Crippen molar-refractivity contribution in [3.63, 3.8) is 0 Å². The zero-order valence-electron chi connectivity index (χ0n) is 10.1. The normalized spacial score (nSPS) is 10.5. The molecule has 0 unspecified atom stereocenters. The van der Waals surface area contributed by atoms with Crippen molar-refractivity contribution < 1.29 is 4.79 Å². The summed E-state index contributed by atoms with van der Waals surface area (Å²) in [5.41, 5.74) is 0.628. The summed E-state index contributed by atoms with van der Waals surface area (Å²) in [7, 11) is 0. The van der Waals surface area contributed by atoms with Crippen LogP contribution in [0.2, 0.25) is 0 Å². The first-order chi connectivity index (χ1) is 8.24. The molecular weight excluding hydrogens is 214 g/mol. The van der Waals surface area contributed by atoms with Crippen LogP contribution in [0.15, 0.2) is 30.7 Å². The van der Waals surface area contributed by atoms with E-state index in [-0.39, 0.29) is 5.78 Å². The van der Waals surface area contributed by atoms with Gasteiger partial charge < -0.3 is 0 Å². The van der Waals surface area contributed by atoms with Crippen molar-refractivity contribution in [2.45, 2.75) is 26.7 Å². The van der Waals surface area contributed by atoms with Crippen LogP contribution in [0.5, 0.6) is 0 Å². The lowest BCUT2D eigenvalue weighted by Crippen LogP contribution is -2.08. The van der Waals surface area contributed by atoms with E-state index in [1.807, 2.05) is 10.8 Å². The Labute approximate surface area is 100 Å². The number of imidazole rings is 1. The molecule has 0 N–H and O–H groups in total. The standard InChI is InChI=1S/C13H15N3O/c1-3-5-12-14-8-9-16(12)13-11(10(2)17)6-4-7-15-13/h4,6-9H,3,5H2,1-2H3. The van der Waals surface area contributed by atoms with Gasteiger partial charge in [-0.3, -0.25) is 9.36 Å². The highest BCUT2D eigenvalue weighted by molar-refractivity contribution is 5.96. The number of aromatic nitrogens is 3. The van der Waals surface area contributed by atoms with Crippen LogP contribution in [0.4, 0.5) is 0 Å². The molecule has 17 heavy (non-hydrogen) atoms. The molecule has 2 aromatic rings. The van der Waals surface area contributed by atoms with Gasteiger partial charge in [0.2, 0.25) is 0 Å². The number of ketones is 1. The zero-order valence-corrected chi connectivity index (χ0v) is 10.1. The molecule has 2 aromatic heterocycles. The maximum atomic E-state index is 11.6. The number of carbonyl (C=O) groups is 1. The maximum absolute atomic E-state index is 11.6. The van der Waals surface area contributed by atoms with Gasteiger partial charge in [0, 0.05) is 25.0 Å². The number of aryl methyl sites for hydroxylation is 1. The molecule has 2 heterocycles. The van der Waals surface area contributed by atoms with E-state index in [0.717, 1.165) is 18.7 Å². The topological polar surface area (TPSA) is 47.8 Å². The van der Waals surface area contributed by atoms with Gasteiger partial charge in [-0.15, -0.1) is 0 Å². The maximum Gasteiger partial charge on any atom is 0.163 e. The molecule has 0 aromatic carbocycles. The third-order valence-electron chi connectivity index (χ3n) is 2.59. The van der Waals surface area contributed by atoms with Crippen molar-refractivity contribution >= 4 is 5.78 Å². The average Bonchev–Trinajstić information content (AvgIpc) is 2.77. The molecule has 0 saturated heterocycles. The molecule has 0 radical (unpaired) electrons. The van der Waals surface area contributed by atoms with Crippen LogP contribution in [0.3, 0.4) is 0 Å². The summed E-state index contributed by atoms with van der Waals surface area (Å²) < 4.78 is 1.89. The van der Waals surface area contributed by atoms with Gasteiger partial charge in [0.15, 0.2) is 5.78 Å². The second-order valence-corrected chi connectivity index (χ2v) is 3.89. The molecule has 4 heteroatoms. The average molecular weight is 229 g/mol. The molecule has 0 fully saturated rings. The highest BCUT2D eigenvalue weighted by Gasteiger charge is 2.12. The molecule has 0 bridgehead atoms. The van der Waals surface area contributed by atoms with E-state index in [2.05, 4.69) is 16.9 Å². The van der Waals surface area contributed by atoms with Crippen molar-refractivity contribution in [2.24, 2.45) is 0 Å². The Morgan fingerprint density at radius 1 is 1.35 bits per heavy atom. The Bertz CT molecular complexity index is 531. The molecule has 0 spiro atoms. The molecule has 0 aliphatic carbocycles. The second kappa shape index (κ2) is 4.91. The zero-order chi connectivity index (χ0) is 12.3. The minimum absolute atomic E-state index is 0.0178. The first-order valence-corrected chi connectivity index (χ1v) is 5.72. The largest absolute Gasteiger partial charge is 0.294 e. The highest BCUT2D eigenvalue weighted by Crippen LogP contribution is 2.15. The lowest BCUT2D eigenvalue weighted by Gasteiger charge is -2.09. The number of hydrogen-bond acceptors (Lipinski definition) is 3. The van der Waals surface area contributed by atoms with Gasteiger partial charge in [0.1, 0.15) is 11.6 Å². The Hall–Kier alpha value is -1.97. The van der Waals surface area contributed by atoms with Crippen LogP contribution in [0.1, 0.15) is 36.5 Å². The summed E-state index contributed by atoms with van der Waals surface area (Å²) in [4.78, 5) is 20.1. The third-order valence-corrected chi connectivity index (χ3v) is 2.59. The minimum atomic E-state index is 0.0178. The van der Waals surface area contributed by atoms with E-state index in [9.17, 15) is 4.79 Å². The van der Waals surface area contributed by atoms with E-state index >= 15 is 0 Å². The quantitative estimate of drug-likeness (QED) is 0.756. The Balaban J connectivity index is 2.52. The summed E-state index contributed by atoms with van der Waals surface area (Å²) >= 11 is 0. The number of hydrogen-bond donors (Lipinski definition) is 0. The summed E-state index contributed by atoms with van der Waals surface area (Å²) in [6.45, 7) is 3.65. The van der Waals surface area contributed by atoms with E-state index in [4.69, 9.17) is 0 Å². The molecule has 88 valence electrons. The Kier molecular flexibility index (Phi) is 3.32. The summed E-state index contributed by atoms with van der Waals surface area (Å²) in [6.07, 6.45) is 7.17. The van der Waals surface area contributed by atoms with Crippen LogP contribution in [-0.4, -0.2) is 20.3 Å². The van der Waals surface area contributed by atoms with E-state index < -0.39 is 0 Å². The molecule has 0 atom stereocenters. The Morgan fingerprint density at radius 3 is 2.88 bits per heavy atom. The second-order valence-electron chi connectivity index (χ2n) is 3.89. The van der Waals surface area contributed by atoms with Gasteiger partial charge in [-0.2, -0.15) is 0 Å². The predicted molar refractivity (Wildman–Crippen MR) is 65.4 cm³/mol. The van der Waals surface area contributed by atoms with Crippen molar-refractivity contribution in [1.82, 2.24) is 14.5 Å². The van der Waals surface area contributed by atoms with Gasteiger partial charge >= 0.3 is 0 Å². The lowest BCUT2D eigenvalue weighted by atomic mass is 10.2. The van der Waals surface area contributed by atoms with Crippen molar-refractivity contribution in [3.8, 4) is 5.82 Å². The monoisotopic (exact) mass is 229 g/mol. The highest BCUT2D eigenvalue weighted by atomic mass is 16.1. The van der Waals surface area contributed by atoms with E-state index in [1.165, 1.54) is 0 Å². The number of nitrogens with zero attached hydrogens (tertiary/aromatic N) is 3. The third kappa shape index (κ3) is 2.25. The van der Waals surface area contributed by atoms with Crippen molar-refractivity contribution in [3.05, 3.63) is 42.1 Å². The van der Waals surface area contributed by atoms with Gasteiger partial charge in [-0.25, -0.2) is 9.97 Å². The van der Waals surface area contributed by atoms with Gasteiger partial charge in [-0.1, -0.05) is 6.92 Å². The molecule has 2 rings (SSSR count). The molecule has 0 aliphatic heterocycles. The van der Waals surface area contributed by atoms with Crippen LogP contribution in [-0.2, 0) is 6.42 Å². The summed E-state index contributed by atoms with van der Waals surface area (Å²) in [6, 6.07) is 3.57. The van der Waals surface area contributed by atoms with Crippen molar-refractivity contribution in [1.29, 1.82) is 0 Å². The SMILES string of the molecule is CCCc1nccn1-c1ncccc1C(C)=O. The predicted octanol–water partition coefficient (Wildman–Crippen LogP) is 2.42. The van der Waals surface area contributed by atoms with Crippen molar-refractivity contribution in [2.75, 3.05) is 0 Å². The molecule has 0 saturated carbocycles. The molecule has 4 nitrogen and oxygen atoms in total. The summed E-state index contributed by atoms with van der Waals surface area (Å²) in [5, 5.41) is 0. The minimum Gasteiger partial charge on any atom is -0.294 e. The fraction of sp³-hybridized carbons (Fsp3) is 0.308. The number of Topliss-reactive ketones (excluding diaryl/α,β-unsaturated/α-hetero) is 1. The van der Waals surface area contributed by atoms with E-state index in [1.54, 1.807) is 31.5 Å². The lowest BCUT2D eigenvalue weighted by molar-refractivity contribution is 0.101. The fourth-order valence-corrected chi connectivity index (χ4v) is 1.80. The smallest absolute Gasteiger partial charge is 0.163 e. The molecule has 0 amide bonds. The van der Waals surface area contributed by atoms with E-state index in [0.29, 0.717) is 11.4 Å². The Morgan fingerprint density at radius 2 is 2.18 bits per heavy atom. The first-order valence-electron chi connectivity index (χ1n) is 5.72. The van der Waals surface area contributed by atoms with Gasteiger partial charge in [0.05, 0.1) is 5.56 Å². The number of pyridine rings is 1. The van der Waals surface area contributed by atoms with Crippen LogP contribution >= 0.6 is 0 Å². The number of rotatable bonds is 4. The van der Waals surface area contributed by atoms with Crippen LogP contribution < -0.4 is 0 Å². The fourth-order valence-electron chi connectivity index (χ4n) is 1.80.